The molecule has 0 amide bonds. The molecule has 4 aromatic carbocycles. The molecular weight excluding hydrogens is 478 g/mol. The van der Waals surface area contributed by atoms with E-state index in [1.165, 1.54) is 12.1 Å². The second kappa shape index (κ2) is 10.7. The van der Waals surface area contributed by atoms with E-state index in [4.69, 9.17) is 9.02 Å². The van der Waals surface area contributed by atoms with Gasteiger partial charge in [0.05, 0.1) is 6.10 Å². The summed E-state index contributed by atoms with van der Waals surface area (Å²) in [4.78, 5) is 13.8. The molecule has 0 saturated heterocycles. The largest absolute Gasteiger partial charge is 0.491 e. The lowest BCUT2D eigenvalue weighted by Crippen LogP contribution is -2.18. The van der Waals surface area contributed by atoms with Crippen LogP contribution in [0.15, 0.2) is 101 Å². The molecule has 0 radical (unpaired) electrons. The van der Waals surface area contributed by atoms with Crippen LogP contribution >= 0.6 is 0 Å². The predicted molar refractivity (Wildman–Crippen MR) is 138 cm³/mol. The third-order valence-electron chi connectivity index (χ3n) is 5.37. The molecule has 1 unspecified atom stereocenters. The minimum Gasteiger partial charge on any atom is -0.491 e. The van der Waals surface area contributed by atoms with Gasteiger partial charge in [-0.25, -0.2) is 0 Å². The third kappa shape index (κ3) is 5.79. The molecule has 7 nitrogen and oxygen atoms in total. The number of carbonyl (C=O) groups is 1. The molecule has 0 saturated carbocycles. The van der Waals surface area contributed by atoms with Crippen molar-refractivity contribution in [2.45, 2.75) is 24.8 Å². The Morgan fingerprint density at radius 1 is 0.944 bits per heavy atom. The van der Waals surface area contributed by atoms with Gasteiger partial charge in [0.25, 0.3) is 0 Å². The van der Waals surface area contributed by atoms with E-state index in [0.717, 1.165) is 10.9 Å². The molecular formula is C28H25NO6S. The predicted octanol–water partition coefficient (Wildman–Crippen LogP) is 4.90. The van der Waals surface area contributed by atoms with Crippen molar-refractivity contribution in [1.82, 2.24) is 0 Å². The summed E-state index contributed by atoms with van der Waals surface area (Å²) in [6.45, 7) is 3.48. The van der Waals surface area contributed by atoms with E-state index in [1.54, 1.807) is 73.7 Å². The Hall–Kier alpha value is -4.01. The highest BCUT2D eigenvalue weighted by Gasteiger charge is 2.23. The number of oxime groups is 1. The van der Waals surface area contributed by atoms with E-state index in [0.29, 0.717) is 16.7 Å². The molecule has 0 aromatic heterocycles. The summed E-state index contributed by atoms with van der Waals surface area (Å²) in [7, 11) is -4.26. The zero-order valence-electron chi connectivity index (χ0n) is 19.8. The molecule has 36 heavy (non-hydrogen) atoms. The van der Waals surface area contributed by atoms with E-state index >= 15 is 0 Å². The van der Waals surface area contributed by atoms with E-state index in [1.807, 2.05) is 19.1 Å². The van der Waals surface area contributed by atoms with Crippen molar-refractivity contribution in [2.75, 3.05) is 6.61 Å². The van der Waals surface area contributed by atoms with Crippen LogP contribution in [0.4, 0.5) is 0 Å². The molecule has 1 N–H and O–H groups in total. The summed E-state index contributed by atoms with van der Waals surface area (Å²) in [5.74, 6) is -0.155. The van der Waals surface area contributed by atoms with Crippen LogP contribution < -0.4 is 4.74 Å². The van der Waals surface area contributed by atoms with Crippen LogP contribution in [0.25, 0.3) is 10.8 Å². The fourth-order valence-electron chi connectivity index (χ4n) is 3.55. The van der Waals surface area contributed by atoms with Gasteiger partial charge in [-0.3, -0.25) is 9.08 Å². The second-order valence-corrected chi connectivity index (χ2v) is 9.86. The standard InChI is InChI=1S/C28H25NO6S/c1-19-12-14-24(15-13-19)36(32,33)35-29-27(21-8-4-3-5-9-21)28(31)26-17-23(34-18-20(2)30)16-22-10-6-7-11-25(22)26/h3-17,20,30H,18H2,1-2H3/b29-27+. The molecule has 0 aliphatic heterocycles. The van der Waals surface area contributed by atoms with Crippen LogP contribution in [0.2, 0.25) is 0 Å². The Morgan fingerprint density at radius 3 is 2.31 bits per heavy atom. The number of aryl methyl sites for hydroxylation is 1. The number of rotatable bonds is 9. The zero-order valence-corrected chi connectivity index (χ0v) is 20.6. The van der Waals surface area contributed by atoms with Crippen LogP contribution in [0.5, 0.6) is 5.75 Å². The molecule has 0 aliphatic carbocycles. The average molecular weight is 504 g/mol. The van der Waals surface area contributed by atoms with E-state index in [-0.39, 0.29) is 22.8 Å². The number of fused-ring (bicyclic) bond motifs is 1. The lowest BCUT2D eigenvalue weighted by Gasteiger charge is -2.13. The number of ketones is 1. The Kier molecular flexibility index (Phi) is 7.47. The molecule has 184 valence electrons. The number of ether oxygens (including phenoxy) is 1. The number of benzene rings is 4. The number of carbonyl (C=O) groups excluding carboxylic acids is 1. The summed E-state index contributed by atoms with van der Waals surface area (Å²) in [6, 6.07) is 25.2. The summed E-state index contributed by atoms with van der Waals surface area (Å²) < 4.78 is 36.2. The molecule has 1 atom stereocenters. The first-order chi connectivity index (χ1) is 17.2. The highest BCUT2D eigenvalue weighted by atomic mass is 32.2. The first-order valence-electron chi connectivity index (χ1n) is 11.3. The molecule has 4 aromatic rings. The van der Waals surface area contributed by atoms with Crippen LogP contribution in [0.3, 0.4) is 0 Å². The van der Waals surface area contributed by atoms with Crippen molar-refractivity contribution >= 4 is 32.4 Å². The SMILES string of the molecule is Cc1ccc(S(=O)(=O)O/N=C(/C(=O)c2cc(OCC(C)O)cc3ccccc23)c2ccccc2)cc1. The molecule has 0 spiro atoms. The maximum atomic E-state index is 13.8. The highest BCUT2D eigenvalue weighted by Crippen LogP contribution is 2.27. The van der Waals surface area contributed by atoms with Crippen LogP contribution in [-0.2, 0) is 14.4 Å². The van der Waals surface area contributed by atoms with Crippen molar-refractivity contribution in [2.24, 2.45) is 5.16 Å². The topological polar surface area (TPSA) is 102 Å². The Balaban J connectivity index is 1.79. The van der Waals surface area contributed by atoms with Crippen molar-refractivity contribution in [1.29, 1.82) is 0 Å². The van der Waals surface area contributed by atoms with Gasteiger partial charge in [-0.15, -0.1) is 0 Å². The minimum absolute atomic E-state index is 0.0451. The highest BCUT2D eigenvalue weighted by molar-refractivity contribution is 7.86. The number of Topliss-reactive ketones (excluding diaryl/α,β-unsaturated/α-hetero) is 1. The lowest BCUT2D eigenvalue weighted by molar-refractivity contribution is 0.106. The fourth-order valence-corrected chi connectivity index (χ4v) is 4.28. The van der Waals surface area contributed by atoms with Gasteiger partial charge in [-0.05, 0) is 48.9 Å². The van der Waals surface area contributed by atoms with Crippen molar-refractivity contribution in [3.8, 4) is 5.75 Å². The first-order valence-corrected chi connectivity index (χ1v) is 12.7. The van der Waals surface area contributed by atoms with Gasteiger partial charge in [-0.1, -0.05) is 77.4 Å². The van der Waals surface area contributed by atoms with Gasteiger partial charge < -0.3 is 9.84 Å². The molecule has 0 heterocycles. The molecule has 0 aliphatic rings. The van der Waals surface area contributed by atoms with Crippen molar-refractivity contribution in [3.63, 3.8) is 0 Å². The van der Waals surface area contributed by atoms with Gasteiger partial charge in [-0.2, -0.15) is 8.42 Å². The number of hydrogen-bond acceptors (Lipinski definition) is 7. The summed E-state index contributed by atoms with van der Waals surface area (Å²) >= 11 is 0. The zero-order chi connectivity index (χ0) is 25.7. The normalized spacial score (nSPS) is 12.8. The van der Waals surface area contributed by atoms with Gasteiger partial charge in [0.2, 0.25) is 5.78 Å². The van der Waals surface area contributed by atoms with E-state index in [2.05, 4.69) is 5.16 Å². The first kappa shape index (κ1) is 25.1. The molecule has 8 heteroatoms. The van der Waals surface area contributed by atoms with Gasteiger partial charge in [0.15, 0.2) is 5.71 Å². The van der Waals surface area contributed by atoms with E-state index < -0.39 is 22.0 Å². The van der Waals surface area contributed by atoms with Crippen LogP contribution in [-0.4, -0.2) is 37.7 Å². The van der Waals surface area contributed by atoms with Crippen molar-refractivity contribution < 1.29 is 27.3 Å². The number of nitrogens with zero attached hydrogens (tertiary/aromatic N) is 1. The smallest absolute Gasteiger partial charge is 0.358 e. The molecule has 0 fully saturated rings. The lowest BCUT2D eigenvalue weighted by atomic mass is 9.95. The van der Waals surface area contributed by atoms with E-state index in [9.17, 15) is 18.3 Å². The summed E-state index contributed by atoms with van der Waals surface area (Å²) in [5, 5.41) is 14.8. The average Bonchev–Trinajstić information content (AvgIpc) is 2.87. The molecule has 0 bridgehead atoms. The Bertz CT molecular complexity index is 1510. The monoisotopic (exact) mass is 503 g/mol. The van der Waals surface area contributed by atoms with Crippen LogP contribution in [0.1, 0.15) is 28.4 Å². The Labute approximate surface area is 209 Å². The molecule has 4 rings (SSSR count). The maximum Gasteiger partial charge on any atom is 0.358 e. The second-order valence-electron chi connectivity index (χ2n) is 8.33. The van der Waals surface area contributed by atoms with Crippen LogP contribution in [0, 0.1) is 6.92 Å². The fraction of sp³-hybridized carbons (Fsp3) is 0.143. The summed E-state index contributed by atoms with van der Waals surface area (Å²) in [6.07, 6.45) is -0.697. The van der Waals surface area contributed by atoms with Gasteiger partial charge in [0, 0.05) is 11.1 Å². The number of hydrogen-bond donors (Lipinski definition) is 1. The van der Waals surface area contributed by atoms with Crippen molar-refractivity contribution in [3.05, 3.63) is 108 Å². The Morgan fingerprint density at radius 2 is 1.61 bits per heavy atom. The maximum absolute atomic E-state index is 13.8. The quantitative estimate of drug-likeness (QED) is 0.198. The number of aliphatic hydroxyl groups is 1. The third-order valence-corrected chi connectivity index (χ3v) is 6.49. The van der Waals surface area contributed by atoms with Gasteiger partial charge in [0.1, 0.15) is 17.3 Å². The minimum atomic E-state index is -4.26. The summed E-state index contributed by atoms with van der Waals surface area (Å²) in [5.41, 5.74) is 1.36. The van der Waals surface area contributed by atoms with Gasteiger partial charge >= 0.3 is 10.1 Å². The number of aliphatic hydroxyl groups excluding tert-OH is 1.